The number of aromatic nitrogens is 4. The Labute approximate surface area is 184 Å². The van der Waals surface area contributed by atoms with Gasteiger partial charge in [-0.25, -0.2) is 15.0 Å². The second-order valence-electron chi connectivity index (χ2n) is 7.24. The van der Waals surface area contributed by atoms with Crippen LogP contribution in [0.5, 0.6) is 0 Å². The average molecular weight is 442 g/mol. The highest BCUT2D eigenvalue weighted by molar-refractivity contribution is 7.85. The molecular formula is C21H27N7O2S. The van der Waals surface area contributed by atoms with Crippen LogP contribution in [0.3, 0.4) is 0 Å². The largest absolute Gasteiger partial charge is 0.395 e. The summed E-state index contributed by atoms with van der Waals surface area (Å²) >= 11 is 0. The maximum absolute atomic E-state index is 11.9. The zero-order valence-electron chi connectivity index (χ0n) is 17.6. The van der Waals surface area contributed by atoms with Gasteiger partial charge in [0.05, 0.1) is 6.61 Å². The van der Waals surface area contributed by atoms with E-state index in [1.807, 2.05) is 30.0 Å². The molecule has 164 valence electrons. The number of anilines is 3. The first-order valence-corrected chi connectivity index (χ1v) is 11.9. The molecule has 1 aliphatic heterocycles. The smallest absolute Gasteiger partial charge is 0.228 e. The summed E-state index contributed by atoms with van der Waals surface area (Å²) in [6, 6.07) is 10.1. The lowest BCUT2D eigenvalue weighted by atomic mass is 10.2. The lowest BCUT2D eigenvalue weighted by molar-refractivity contribution is 0.302. The third kappa shape index (κ3) is 4.91. The Hall–Kier alpha value is -2.85. The van der Waals surface area contributed by atoms with Crippen LogP contribution in [0.4, 0.5) is 17.6 Å². The van der Waals surface area contributed by atoms with E-state index in [-0.39, 0.29) is 6.61 Å². The predicted molar refractivity (Wildman–Crippen MR) is 124 cm³/mol. The van der Waals surface area contributed by atoms with Crippen molar-refractivity contribution in [3.05, 3.63) is 42.2 Å². The van der Waals surface area contributed by atoms with Crippen molar-refractivity contribution in [2.45, 2.75) is 13.5 Å². The van der Waals surface area contributed by atoms with Gasteiger partial charge in [0.2, 0.25) is 5.95 Å². The highest BCUT2D eigenvalue weighted by Gasteiger charge is 2.23. The van der Waals surface area contributed by atoms with Crippen molar-refractivity contribution in [3.63, 3.8) is 0 Å². The van der Waals surface area contributed by atoms with E-state index in [1.54, 1.807) is 0 Å². The molecule has 0 aliphatic carbocycles. The number of hydrogen-bond acceptors (Lipinski definition) is 9. The van der Waals surface area contributed by atoms with Gasteiger partial charge in [0.25, 0.3) is 0 Å². The van der Waals surface area contributed by atoms with Gasteiger partial charge in [-0.2, -0.15) is 4.98 Å². The van der Waals surface area contributed by atoms with Gasteiger partial charge in [-0.3, -0.25) is 4.21 Å². The molecule has 0 atom stereocenters. The van der Waals surface area contributed by atoms with Gasteiger partial charge >= 0.3 is 0 Å². The number of aliphatic hydroxyl groups excluding tert-OH is 1. The number of aliphatic hydroxyl groups is 1. The molecule has 0 bridgehead atoms. The van der Waals surface area contributed by atoms with Gasteiger partial charge in [-0.15, -0.1) is 0 Å². The quantitative estimate of drug-likeness (QED) is 0.536. The standard InChI is InChI=1S/C21H27N7O2S/c1-2-27(8-11-29)21-25-17-18(20(26-21)28-9-12-31(30)13-10-28)23-15-24-19(17)22-14-16-6-4-3-5-7-16/h3-7,15,29H,2,8-14H2,1H3,(H,22,23,24). The molecule has 1 aromatic carbocycles. The van der Waals surface area contributed by atoms with Gasteiger partial charge in [0, 0.05) is 55.0 Å². The fourth-order valence-corrected chi connectivity index (χ4v) is 4.62. The average Bonchev–Trinajstić information content (AvgIpc) is 2.81. The highest BCUT2D eigenvalue weighted by Crippen LogP contribution is 2.29. The molecule has 1 aliphatic rings. The van der Waals surface area contributed by atoms with E-state index in [0.29, 0.717) is 67.0 Å². The number of fused-ring (bicyclic) bond motifs is 1. The summed E-state index contributed by atoms with van der Waals surface area (Å²) in [6.07, 6.45) is 1.52. The van der Waals surface area contributed by atoms with Crippen LogP contribution in [0.15, 0.2) is 36.7 Å². The monoisotopic (exact) mass is 441 g/mol. The Morgan fingerprint density at radius 3 is 2.61 bits per heavy atom. The first-order valence-electron chi connectivity index (χ1n) is 10.5. The molecule has 10 heteroatoms. The fourth-order valence-electron chi connectivity index (χ4n) is 3.56. The van der Waals surface area contributed by atoms with Gasteiger partial charge in [0.15, 0.2) is 11.6 Å². The Kier molecular flexibility index (Phi) is 6.88. The van der Waals surface area contributed by atoms with E-state index >= 15 is 0 Å². The number of likely N-dealkylation sites (N-methyl/N-ethyl adjacent to an activating group) is 1. The molecule has 0 spiro atoms. The topological polar surface area (TPSA) is 107 Å². The Balaban J connectivity index is 1.76. The van der Waals surface area contributed by atoms with E-state index in [0.717, 1.165) is 11.4 Å². The molecule has 1 saturated heterocycles. The van der Waals surface area contributed by atoms with Crippen molar-refractivity contribution in [3.8, 4) is 0 Å². The summed E-state index contributed by atoms with van der Waals surface area (Å²) in [5.41, 5.74) is 2.45. The minimum atomic E-state index is -0.789. The van der Waals surface area contributed by atoms with E-state index in [2.05, 4.69) is 32.3 Å². The first-order chi connectivity index (χ1) is 15.2. The molecule has 0 saturated carbocycles. The summed E-state index contributed by atoms with van der Waals surface area (Å²) in [4.78, 5) is 22.6. The zero-order valence-corrected chi connectivity index (χ0v) is 18.4. The van der Waals surface area contributed by atoms with Crippen molar-refractivity contribution in [1.29, 1.82) is 0 Å². The lowest BCUT2D eigenvalue weighted by Crippen LogP contribution is -2.39. The van der Waals surface area contributed by atoms with Crippen molar-refractivity contribution in [2.24, 2.45) is 0 Å². The van der Waals surface area contributed by atoms with Gasteiger partial charge in [-0.05, 0) is 12.5 Å². The maximum atomic E-state index is 11.9. The number of nitrogens with one attached hydrogen (secondary N) is 1. The Bertz CT molecular complexity index is 1040. The Morgan fingerprint density at radius 1 is 1.13 bits per heavy atom. The van der Waals surface area contributed by atoms with Crippen LogP contribution in [0, 0.1) is 0 Å². The minimum absolute atomic E-state index is 0.0116. The molecule has 3 aromatic rings. The summed E-state index contributed by atoms with van der Waals surface area (Å²) < 4.78 is 11.9. The molecule has 0 amide bonds. The molecule has 4 rings (SSSR count). The lowest BCUT2D eigenvalue weighted by Gasteiger charge is -2.29. The number of hydrogen-bond donors (Lipinski definition) is 2. The summed E-state index contributed by atoms with van der Waals surface area (Å²) in [5.74, 6) is 3.11. The van der Waals surface area contributed by atoms with E-state index in [9.17, 15) is 9.32 Å². The van der Waals surface area contributed by atoms with Crippen LogP contribution >= 0.6 is 0 Å². The van der Waals surface area contributed by atoms with Gasteiger partial charge in [0.1, 0.15) is 17.4 Å². The van der Waals surface area contributed by atoms with Gasteiger partial charge in [-0.1, -0.05) is 30.3 Å². The van der Waals surface area contributed by atoms with Crippen LogP contribution in [0.2, 0.25) is 0 Å². The van der Waals surface area contributed by atoms with Crippen LogP contribution < -0.4 is 15.1 Å². The number of benzene rings is 1. The Morgan fingerprint density at radius 2 is 1.90 bits per heavy atom. The van der Waals surface area contributed by atoms with Crippen LogP contribution in [0.25, 0.3) is 11.0 Å². The van der Waals surface area contributed by atoms with Crippen molar-refractivity contribution in [1.82, 2.24) is 19.9 Å². The van der Waals surface area contributed by atoms with Crippen LogP contribution in [-0.4, -0.2) is 73.5 Å². The van der Waals surface area contributed by atoms with Crippen molar-refractivity contribution in [2.75, 3.05) is 59.4 Å². The molecule has 2 aromatic heterocycles. The molecule has 9 nitrogen and oxygen atoms in total. The molecule has 3 heterocycles. The number of rotatable bonds is 8. The molecule has 1 fully saturated rings. The first kappa shape index (κ1) is 21.4. The maximum Gasteiger partial charge on any atom is 0.228 e. The molecular weight excluding hydrogens is 414 g/mol. The second kappa shape index (κ2) is 9.97. The normalized spacial score (nSPS) is 14.7. The van der Waals surface area contributed by atoms with Crippen LogP contribution in [-0.2, 0) is 17.3 Å². The van der Waals surface area contributed by atoms with E-state index in [4.69, 9.17) is 9.97 Å². The molecule has 31 heavy (non-hydrogen) atoms. The van der Waals surface area contributed by atoms with E-state index < -0.39 is 10.8 Å². The zero-order chi connectivity index (χ0) is 21.6. The second-order valence-corrected chi connectivity index (χ2v) is 8.94. The third-order valence-electron chi connectivity index (χ3n) is 5.27. The van der Waals surface area contributed by atoms with Crippen molar-refractivity contribution < 1.29 is 9.32 Å². The molecule has 0 radical (unpaired) electrons. The van der Waals surface area contributed by atoms with Gasteiger partial charge < -0.3 is 20.2 Å². The third-order valence-corrected chi connectivity index (χ3v) is 6.54. The predicted octanol–water partition coefficient (Wildman–Crippen LogP) is 1.42. The summed E-state index contributed by atoms with van der Waals surface area (Å²) in [7, 11) is -0.789. The van der Waals surface area contributed by atoms with E-state index in [1.165, 1.54) is 6.33 Å². The number of nitrogens with zero attached hydrogens (tertiary/aromatic N) is 6. The SMILES string of the molecule is CCN(CCO)c1nc(N2CCS(=O)CC2)c2ncnc(NCc3ccccc3)c2n1. The highest BCUT2D eigenvalue weighted by atomic mass is 32.2. The summed E-state index contributed by atoms with van der Waals surface area (Å²) in [5, 5.41) is 12.9. The van der Waals surface area contributed by atoms with Crippen LogP contribution in [0.1, 0.15) is 12.5 Å². The molecule has 0 unspecified atom stereocenters. The van der Waals surface area contributed by atoms with Crippen molar-refractivity contribution >= 4 is 39.4 Å². The minimum Gasteiger partial charge on any atom is -0.395 e. The molecule has 2 N–H and O–H groups in total. The fraction of sp³-hybridized carbons (Fsp3) is 0.429. The summed E-state index contributed by atoms with van der Waals surface area (Å²) in [6.45, 7) is 5.03.